The van der Waals surface area contributed by atoms with E-state index in [1.165, 1.54) is 6.21 Å². The van der Waals surface area contributed by atoms with Crippen molar-refractivity contribution in [1.82, 2.24) is 0 Å². The molecule has 0 aliphatic heterocycles. The predicted octanol–water partition coefficient (Wildman–Crippen LogP) is 0.512. The maximum Gasteiger partial charge on any atom is 0.144 e. The van der Waals surface area contributed by atoms with Crippen LogP contribution in [0.15, 0.2) is 4.40 Å². The number of nitrogens with zero attached hydrogens (tertiary/aromatic N) is 1. The van der Waals surface area contributed by atoms with Crippen molar-refractivity contribution in [2.45, 2.75) is 25.5 Å². The quantitative estimate of drug-likeness (QED) is 0.476. The fraction of sp³-hybridized carbons (Fsp3) is 0.833. The van der Waals surface area contributed by atoms with Crippen LogP contribution in [-0.4, -0.2) is 27.2 Å². The van der Waals surface area contributed by atoms with E-state index in [0.29, 0.717) is 0 Å². The lowest BCUT2D eigenvalue weighted by Gasteiger charge is -2.17. The molecule has 0 aromatic rings. The van der Waals surface area contributed by atoms with Gasteiger partial charge in [-0.05, 0) is 20.8 Å². The average Bonchev–Trinajstić information content (AvgIpc) is 1.80. The highest BCUT2D eigenvalue weighted by Crippen LogP contribution is 2.15. The Balaban J connectivity index is 3.84. The second-order valence-corrected chi connectivity index (χ2v) is 4.77. The van der Waals surface area contributed by atoms with Crippen LogP contribution in [0.4, 0.5) is 0 Å². The normalized spacial score (nSPS) is 16.1. The molecule has 0 rings (SSSR count). The fourth-order valence-electron chi connectivity index (χ4n) is 0.259. The minimum atomic E-state index is -1.23. The molecule has 0 amide bonds. The molecule has 0 spiro atoms. The number of rotatable bonds is 2. The number of hydrogen-bond donors (Lipinski definition) is 1. The second kappa shape index (κ2) is 3.95. The Kier molecular flexibility index (Phi) is 3.93. The first kappa shape index (κ1) is 9.94. The molecule has 10 heavy (non-hydrogen) atoms. The fourth-order valence-corrected chi connectivity index (χ4v) is 0.777. The van der Waals surface area contributed by atoms with E-state index >= 15 is 0 Å². The zero-order valence-electron chi connectivity index (χ0n) is 6.50. The number of hydrogen-bond acceptors (Lipinski definition) is 3. The molecule has 0 saturated carbocycles. The molecule has 0 saturated heterocycles. The van der Waals surface area contributed by atoms with E-state index < -0.39 is 11.4 Å². The van der Waals surface area contributed by atoms with Crippen LogP contribution in [0.2, 0.25) is 0 Å². The Bertz CT molecular complexity index is 119. The summed E-state index contributed by atoms with van der Waals surface area (Å²) in [5.41, 5.74) is 0. The largest absolute Gasteiger partial charge is 0.591 e. The monoisotopic (exact) mass is 163 g/mol. The molecule has 1 N–H and O–H groups in total. The molecule has 0 fully saturated rings. The van der Waals surface area contributed by atoms with E-state index in [1.807, 2.05) is 20.8 Å². The molecule has 0 aliphatic carbocycles. The molecule has 3 nitrogen and oxygen atoms in total. The van der Waals surface area contributed by atoms with Crippen molar-refractivity contribution in [3.8, 4) is 0 Å². The molecule has 0 aromatic heterocycles. The van der Waals surface area contributed by atoms with Crippen molar-refractivity contribution in [2.75, 3.05) is 6.61 Å². The summed E-state index contributed by atoms with van der Waals surface area (Å²) in [4.78, 5) is 0. The van der Waals surface area contributed by atoms with Gasteiger partial charge in [0, 0.05) is 0 Å². The molecule has 0 heterocycles. The maximum absolute atomic E-state index is 11.0. The van der Waals surface area contributed by atoms with E-state index in [-0.39, 0.29) is 11.4 Å². The predicted molar refractivity (Wildman–Crippen MR) is 43.5 cm³/mol. The molecule has 4 heteroatoms. The summed E-state index contributed by atoms with van der Waals surface area (Å²) < 4.78 is 14.3. The van der Waals surface area contributed by atoms with Gasteiger partial charge < -0.3 is 9.66 Å². The lowest BCUT2D eigenvalue weighted by Crippen LogP contribution is -2.25. The van der Waals surface area contributed by atoms with Crippen LogP contribution in [0.5, 0.6) is 0 Å². The molecular weight excluding hydrogens is 150 g/mol. The van der Waals surface area contributed by atoms with Crippen LogP contribution in [0.3, 0.4) is 0 Å². The highest BCUT2D eigenvalue weighted by Gasteiger charge is 2.25. The Morgan fingerprint density at radius 3 is 2.40 bits per heavy atom. The zero-order valence-corrected chi connectivity index (χ0v) is 7.31. The molecular formula is C6H13NO2S. The van der Waals surface area contributed by atoms with Gasteiger partial charge in [-0.2, -0.15) is 0 Å². The molecule has 0 aromatic carbocycles. The summed E-state index contributed by atoms with van der Waals surface area (Å²) in [6, 6.07) is 0. The topological polar surface area (TPSA) is 55.7 Å². The van der Waals surface area contributed by atoms with Crippen LogP contribution in [0, 0.1) is 0 Å². The Labute approximate surface area is 64.5 Å². The van der Waals surface area contributed by atoms with Gasteiger partial charge in [-0.15, -0.1) is 0 Å². The van der Waals surface area contributed by atoms with Crippen molar-refractivity contribution < 1.29 is 9.66 Å². The lowest BCUT2D eigenvalue weighted by atomic mass is 10.3. The highest BCUT2D eigenvalue weighted by atomic mass is 32.2. The van der Waals surface area contributed by atoms with Crippen LogP contribution < -0.4 is 0 Å². The maximum atomic E-state index is 11.0. The van der Waals surface area contributed by atoms with Crippen molar-refractivity contribution in [1.29, 1.82) is 0 Å². The van der Waals surface area contributed by atoms with E-state index in [2.05, 4.69) is 4.40 Å². The molecule has 60 valence electrons. The number of aliphatic hydroxyl groups excluding tert-OH is 1. The Morgan fingerprint density at radius 2 is 2.10 bits per heavy atom. The first-order valence-electron chi connectivity index (χ1n) is 3.04. The summed E-state index contributed by atoms with van der Waals surface area (Å²) in [7, 11) is 0. The Hall–Kier alpha value is -0.0600. The van der Waals surface area contributed by atoms with E-state index in [4.69, 9.17) is 5.11 Å². The smallest absolute Gasteiger partial charge is 0.144 e. The SMILES string of the molecule is CC(C)(C)[S+]([O-])N=CCO. The third-order valence-corrected chi connectivity index (χ3v) is 2.16. The number of aliphatic hydroxyl groups is 1. The van der Waals surface area contributed by atoms with Crippen LogP contribution >= 0.6 is 0 Å². The summed E-state index contributed by atoms with van der Waals surface area (Å²) in [5.74, 6) is 0. The minimum absolute atomic E-state index is 0.151. The molecule has 0 radical (unpaired) electrons. The Morgan fingerprint density at radius 1 is 1.60 bits per heavy atom. The minimum Gasteiger partial charge on any atom is -0.591 e. The summed E-state index contributed by atoms with van der Waals surface area (Å²) >= 11 is -1.23. The van der Waals surface area contributed by atoms with Gasteiger partial charge in [0.05, 0.1) is 12.8 Å². The van der Waals surface area contributed by atoms with Gasteiger partial charge in [0.2, 0.25) is 0 Å². The summed E-state index contributed by atoms with van der Waals surface area (Å²) in [5, 5.41) is 8.30. The highest BCUT2D eigenvalue weighted by molar-refractivity contribution is 7.91. The third kappa shape index (κ3) is 3.87. The van der Waals surface area contributed by atoms with Crippen LogP contribution in [-0.2, 0) is 11.4 Å². The lowest BCUT2D eigenvalue weighted by molar-refractivity contribution is 0.362. The van der Waals surface area contributed by atoms with Gasteiger partial charge >= 0.3 is 0 Å². The summed E-state index contributed by atoms with van der Waals surface area (Å²) in [6.45, 7) is 5.34. The molecule has 0 bridgehead atoms. The third-order valence-electron chi connectivity index (χ3n) is 0.776. The van der Waals surface area contributed by atoms with Gasteiger partial charge in [-0.3, -0.25) is 0 Å². The van der Waals surface area contributed by atoms with Gasteiger partial charge in [-0.1, -0.05) is 4.40 Å². The van der Waals surface area contributed by atoms with Crippen molar-refractivity contribution in [3.05, 3.63) is 0 Å². The first-order chi connectivity index (χ1) is 4.48. The zero-order chi connectivity index (χ0) is 8.20. The average molecular weight is 163 g/mol. The van der Waals surface area contributed by atoms with Crippen molar-refractivity contribution in [2.24, 2.45) is 4.40 Å². The second-order valence-electron chi connectivity index (χ2n) is 2.83. The van der Waals surface area contributed by atoms with Gasteiger partial charge in [0.25, 0.3) is 0 Å². The van der Waals surface area contributed by atoms with Crippen LogP contribution in [0.25, 0.3) is 0 Å². The van der Waals surface area contributed by atoms with E-state index in [1.54, 1.807) is 0 Å². The van der Waals surface area contributed by atoms with E-state index in [0.717, 1.165) is 0 Å². The first-order valence-corrected chi connectivity index (χ1v) is 4.14. The van der Waals surface area contributed by atoms with Crippen molar-refractivity contribution in [3.63, 3.8) is 0 Å². The molecule has 0 aliphatic rings. The van der Waals surface area contributed by atoms with E-state index in [9.17, 15) is 4.55 Å². The molecule has 1 atom stereocenters. The van der Waals surface area contributed by atoms with Gasteiger partial charge in [0.1, 0.15) is 16.1 Å². The van der Waals surface area contributed by atoms with Gasteiger partial charge in [0.15, 0.2) is 0 Å². The van der Waals surface area contributed by atoms with Crippen molar-refractivity contribution >= 4 is 17.6 Å². The standard InChI is InChI=1S/C6H13NO2S/c1-6(2,3)10(9)7-4-5-8/h4,8H,5H2,1-3H3. The molecule has 1 unspecified atom stereocenters. The van der Waals surface area contributed by atoms with Crippen LogP contribution in [0.1, 0.15) is 20.8 Å². The summed E-state index contributed by atoms with van der Waals surface area (Å²) in [6.07, 6.45) is 1.25. The van der Waals surface area contributed by atoms with Gasteiger partial charge in [-0.25, -0.2) is 0 Å².